The number of rotatable bonds is 22. The van der Waals surface area contributed by atoms with Crippen molar-refractivity contribution >= 4 is 22.6 Å². The van der Waals surface area contributed by atoms with E-state index in [-0.39, 0.29) is 0 Å². The summed E-state index contributed by atoms with van der Waals surface area (Å²) in [6.45, 7) is 2.30. The third-order valence-electron chi connectivity index (χ3n) is 6.47. The number of hydrogen-bond acceptors (Lipinski definition) is 0. The summed E-state index contributed by atoms with van der Waals surface area (Å²) in [7, 11) is 0. The molecular formula is C29H51I. The van der Waals surface area contributed by atoms with E-state index in [4.69, 9.17) is 0 Å². The zero-order valence-corrected chi connectivity index (χ0v) is 22.3. The summed E-state index contributed by atoms with van der Waals surface area (Å²) in [6.07, 6.45) is 30.5. The van der Waals surface area contributed by atoms with E-state index < -0.39 is 0 Å². The summed E-state index contributed by atoms with van der Waals surface area (Å²) in [5.74, 6) is 0. The SMILES string of the molecule is CCCCCCCCCCCCCCCCCCCCCCC(I)c1ccccc1. The van der Waals surface area contributed by atoms with Crippen molar-refractivity contribution < 1.29 is 0 Å². The molecule has 0 saturated carbocycles. The van der Waals surface area contributed by atoms with Crippen LogP contribution in [0.5, 0.6) is 0 Å². The van der Waals surface area contributed by atoms with Gasteiger partial charge in [-0.05, 0) is 12.0 Å². The highest BCUT2D eigenvalue weighted by Gasteiger charge is 2.05. The van der Waals surface area contributed by atoms with Gasteiger partial charge in [0.1, 0.15) is 0 Å². The van der Waals surface area contributed by atoms with E-state index in [9.17, 15) is 0 Å². The van der Waals surface area contributed by atoms with Crippen molar-refractivity contribution in [2.45, 2.75) is 146 Å². The van der Waals surface area contributed by atoms with Crippen molar-refractivity contribution in [2.75, 3.05) is 0 Å². The number of halogens is 1. The van der Waals surface area contributed by atoms with Crippen LogP contribution in [0.15, 0.2) is 30.3 Å². The molecule has 1 rings (SSSR count). The highest BCUT2D eigenvalue weighted by atomic mass is 127. The van der Waals surface area contributed by atoms with E-state index >= 15 is 0 Å². The van der Waals surface area contributed by atoms with Crippen LogP contribution in [0.25, 0.3) is 0 Å². The van der Waals surface area contributed by atoms with Crippen molar-refractivity contribution in [3.63, 3.8) is 0 Å². The lowest BCUT2D eigenvalue weighted by molar-refractivity contribution is 0.520. The van der Waals surface area contributed by atoms with Gasteiger partial charge >= 0.3 is 0 Å². The lowest BCUT2D eigenvalue weighted by Gasteiger charge is -2.09. The van der Waals surface area contributed by atoms with Gasteiger partial charge in [-0.3, -0.25) is 0 Å². The first kappa shape index (κ1) is 28.0. The van der Waals surface area contributed by atoms with Crippen LogP contribution < -0.4 is 0 Å². The van der Waals surface area contributed by atoms with Crippen molar-refractivity contribution in [3.05, 3.63) is 35.9 Å². The second kappa shape index (κ2) is 22.2. The quantitative estimate of drug-likeness (QED) is 0.0801. The Morgan fingerprint density at radius 3 is 1.20 bits per heavy atom. The molecule has 0 spiro atoms. The summed E-state index contributed by atoms with van der Waals surface area (Å²) in [5, 5.41) is 0. The molecule has 0 saturated heterocycles. The monoisotopic (exact) mass is 526 g/mol. The second-order valence-electron chi connectivity index (χ2n) is 9.38. The van der Waals surface area contributed by atoms with Crippen LogP contribution in [-0.2, 0) is 0 Å². The summed E-state index contributed by atoms with van der Waals surface area (Å²) in [6, 6.07) is 11.0. The van der Waals surface area contributed by atoms with Crippen molar-refractivity contribution in [3.8, 4) is 0 Å². The summed E-state index contributed by atoms with van der Waals surface area (Å²) >= 11 is 2.61. The predicted molar refractivity (Wildman–Crippen MR) is 146 cm³/mol. The number of unbranched alkanes of at least 4 members (excludes halogenated alkanes) is 19. The molecule has 174 valence electrons. The first-order chi connectivity index (χ1) is 14.8. The molecule has 0 aliphatic carbocycles. The zero-order chi connectivity index (χ0) is 21.5. The maximum absolute atomic E-state index is 2.61. The van der Waals surface area contributed by atoms with E-state index in [1.807, 2.05) is 0 Å². The Labute approximate surface area is 203 Å². The molecule has 0 nitrogen and oxygen atoms in total. The fraction of sp³-hybridized carbons (Fsp3) is 0.793. The molecule has 0 heterocycles. The maximum Gasteiger partial charge on any atom is 0.0359 e. The topological polar surface area (TPSA) is 0 Å². The van der Waals surface area contributed by atoms with E-state index in [2.05, 4.69) is 59.8 Å². The van der Waals surface area contributed by atoms with Gasteiger partial charge in [-0.25, -0.2) is 0 Å². The van der Waals surface area contributed by atoms with Crippen molar-refractivity contribution in [1.29, 1.82) is 0 Å². The molecular weight excluding hydrogens is 475 g/mol. The minimum absolute atomic E-state index is 0.694. The molecule has 0 radical (unpaired) electrons. The van der Waals surface area contributed by atoms with Gasteiger partial charge in [-0.2, -0.15) is 0 Å². The third-order valence-corrected chi connectivity index (χ3v) is 7.81. The smallest absolute Gasteiger partial charge is 0.0359 e. The number of benzene rings is 1. The Kier molecular flexibility index (Phi) is 20.7. The molecule has 1 atom stereocenters. The van der Waals surface area contributed by atoms with Crippen molar-refractivity contribution in [1.82, 2.24) is 0 Å². The molecule has 1 aromatic rings. The van der Waals surface area contributed by atoms with Gasteiger partial charge in [0.05, 0.1) is 0 Å². The molecule has 1 unspecified atom stereocenters. The minimum atomic E-state index is 0.694. The second-order valence-corrected chi connectivity index (χ2v) is 10.9. The fourth-order valence-corrected chi connectivity index (χ4v) is 5.26. The predicted octanol–water partition coefficient (Wildman–Crippen LogP) is 11.4. The molecule has 0 bridgehead atoms. The third kappa shape index (κ3) is 17.6. The van der Waals surface area contributed by atoms with Crippen LogP contribution in [0.1, 0.15) is 151 Å². The van der Waals surface area contributed by atoms with Gasteiger partial charge in [0.15, 0.2) is 0 Å². The molecule has 0 aromatic heterocycles. The van der Waals surface area contributed by atoms with Gasteiger partial charge in [-0.1, -0.05) is 188 Å². The average molecular weight is 527 g/mol. The molecule has 1 aromatic carbocycles. The largest absolute Gasteiger partial charge is 0.0774 e. The fourth-order valence-electron chi connectivity index (χ4n) is 4.41. The molecule has 30 heavy (non-hydrogen) atoms. The van der Waals surface area contributed by atoms with E-state index in [0.29, 0.717) is 3.92 Å². The molecule has 0 amide bonds. The van der Waals surface area contributed by atoms with Crippen LogP contribution >= 0.6 is 22.6 Å². The standard InChI is InChI=1S/C29H51I/c1-2-3-4-5-6-7-8-9-10-11-12-13-14-15-16-17-18-19-20-24-27-29(30)28-25-22-21-23-26-28/h21-23,25-26,29H,2-20,24,27H2,1H3. The first-order valence-electron chi connectivity index (χ1n) is 13.5. The van der Waals surface area contributed by atoms with Gasteiger partial charge in [-0.15, -0.1) is 0 Å². The van der Waals surface area contributed by atoms with E-state index in [0.717, 1.165) is 0 Å². The summed E-state index contributed by atoms with van der Waals surface area (Å²) < 4.78 is 0.694. The van der Waals surface area contributed by atoms with Crippen LogP contribution in [0.2, 0.25) is 0 Å². The number of alkyl halides is 1. The Morgan fingerprint density at radius 1 is 0.500 bits per heavy atom. The first-order valence-corrected chi connectivity index (χ1v) is 14.8. The normalized spacial score (nSPS) is 12.3. The van der Waals surface area contributed by atoms with Gasteiger partial charge in [0.2, 0.25) is 0 Å². The van der Waals surface area contributed by atoms with Crippen LogP contribution in [0, 0.1) is 0 Å². The van der Waals surface area contributed by atoms with Gasteiger partial charge in [0.25, 0.3) is 0 Å². The highest BCUT2D eigenvalue weighted by Crippen LogP contribution is 2.29. The van der Waals surface area contributed by atoms with Crippen LogP contribution in [0.3, 0.4) is 0 Å². The van der Waals surface area contributed by atoms with Crippen LogP contribution in [-0.4, -0.2) is 0 Å². The van der Waals surface area contributed by atoms with Crippen molar-refractivity contribution in [2.24, 2.45) is 0 Å². The molecule has 0 fully saturated rings. The molecule has 0 aliphatic rings. The van der Waals surface area contributed by atoms with Crippen LogP contribution in [0.4, 0.5) is 0 Å². The molecule has 0 N–H and O–H groups in total. The zero-order valence-electron chi connectivity index (χ0n) is 20.2. The lowest BCUT2D eigenvalue weighted by atomic mass is 10.0. The highest BCUT2D eigenvalue weighted by molar-refractivity contribution is 14.1. The van der Waals surface area contributed by atoms with Gasteiger partial charge < -0.3 is 0 Å². The van der Waals surface area contributed by atoms with E-state index in [1.54, 1.807) is 0 Å². The van der Waals surface area contributed by atoms with Gasteiger partial charge in [0, 0.05) is 3.92 Å². The molecule has 0 aliphatic heterocycles. The lowest BCUT2D eigenvalue weighted by Crippen LogP contribution is -1.90. The Balaban J connectivity index is 1.71. The Bertz CT molecular complexity index is 441. The maximum atomic E-state index is 2.61. The molecule has 1 heteroatoms. The average Bonchev–Trinajstić information content (AvgIpc) is 2.78. The Morgan fingerprint density at radius 2 is 0.833 bits per heavy atom. The summed E-state index contributed by atoms with van der Waals surface area (Å²) in [5.41, 5.74) is 1.50. The Hall–Kier alpha value is -0.0500. The minimum Gasteiger partial charge on any atom is -0.0774 e. The number of hydrogen-bond donors (Lipinski definition) is 0. The summed E-state index contributed by atoms with van der Waals surface area (Å²) in [4.78, 5) is 0. The van der Waals surface area contributed by atoms with E-state index in [1.165, 1.54) is 140 Å².